The highest BCUT2D eigenvalue weighted by molar-refractivity contribution is 5.61. The average molecular weight is 297 g/mol. The zero-order valence-electron chi connectivity index (χ0n) is 13.2. The van der Waals surface area contributed by atoms with E-state index in [0.717, 1.165) is 6.54 Å². The van der Waals surface area contributed by atoms with Crippen LogP contribution < -0.4 is 10.1 Å². The normalized spacial score (nSPS) is 11.0. The van der Waals surface area contributed by atoms with Gasteiger partial charge in [-0.05, 0) is 21.0 Å². The van der Waals surface area contributed by atoms with E-state index in [4.69, 9.17) is 4.74 Å². The lowest BCUT2D eigenvalue weighted by Crippen LogP contribution is -2.22. The predicted octanol–water partition coefficient (Wildman–Crippen LogP) is 1.88. The summed E-state index contributed by atoms with van der Waals surface area (Å²) < 4.78 is 5.31. The van der Waals surface area contributed by atoms with E-state index in [0.29, 0.717) is 19.0 Å². The Morgan fingerprint density at radius 3 is 2.52 bits per heavy atom. The lowest BCUT2D eigenvalue weighted by molar-refractivity contribution is -0.385. The van der Waals surface area contributed by atoms with E-state index >= 15 is 0 Å². The Kier molecular flexibility index (Phi) is 6.29. The van der Waals surface area contributed by atoms with Crippen LogP contribution in [0.2, 0.25) is 0 Å². The minimum Gasteiger partial charge on any atom is -0.473 e. The summed E-state index contributed by atoms with van der Waals surface area (Å²) in [6.45, 7) is 7.23. The predicted molar refractivity (Wildman–Crippen MR) is 81.0 cm³/mol. The fourth-order valence-corrected chi connectivity index (χ4v) is 1.63. The van der Waals surface area contributed by atoms with Gasteiger partial charge < -0.3 is 15.0 Å². The molecule has 0 spiro atoms. The lowest BCUT2D eigenvalue weighted by atomic mass is 10.2. The van der Waals surface area contributed by atoms with E-state index < -0.39 is 4.92 Å². The number of rotatable bonds is 8. The molecule has 1 rings (SSSR count). The van der Waals surface area contributed by atoms with Gasteiger partial charge in [-0.15, -0.1) is 0 Å². The van der Waals surface area contributed by atoms with Gasteiger partial charge in [0.1, 0.15) is 5.82 Å². The molecule has 1 heterocycles. The summed E-state index contributed by atoms with van der Waals surface area (Å²) in [5, 5.41) is 14.3. The molecule has 0 radical (unpaired) electrons. The summed E-state index contributed by atoms with van der Waals surface area (Å²) in [7, 11) is 3.86. The molecule has 21 heavy (non-hydrogen) atoms. The van der Waals surface area contributed by atoms with Crippen molar-refractivity contribution < 1.29 is 9.66 Å². The van der Waals surface area contributed by atoms with Crippen molar-refractivity contribution in [2.45, 2.75) is 26.7 Å². The third-order valence-corrected chi connectivity index (χ3v) is 2.70. The molecule has 0 unspecified atom stereocenters. The Hall–Kier alpha value is -1.96. The smallest absolute Gasteiger partial charge is 0.372 e. The topological polar surface area (TPSA) is 93.4 Å². The molecular weight excluding hydrogens is 274 g/mol. The van der Waals surface area contributed by atoms with Crippen LogP contribution in [0.5, 0.6) is 5.88 Å². The summed E-state index contributed by atoms with van der Waals surface area (Å²) >= 11 is 0. The average Bonchev–Trinajstić information content (AvgIpc) is 2.37. The number of anilines is 1. The van der Waals surface area contributed by atoms with Gasteiger partial charge in [-0.1, -0.05) is 13.8 Å². The first kappa shape index (κ1) is 17.1. The number of likely N-dealkylation sites (N-methyl/N-ethyl adjacent to an activating group) is 1. The third-order valence-electron chi connectivity index (χ3n) is 2.70. The minimum atomic E-state index is -0.507. The molecule has 0 bridgehead atoms. The summed E-state index contributed by atoms with van der Waals surface area (Å²) in [5.74, 6) is 0.813. The van der Waals surface area contributed by atoms with Crippen LogP contribution in [-0.2, 0) is 0 Å². The Morgan fingerprint density at radius 2 is 2.05 bits per heavy atom. The van der Waals surface area contributed by atoms with Crippen LogP contribution in [0, 0.1) is 10.1 Å². The van der Waals surface area contributed by atoms with Crippen molar-refractivity contribution in [1.82, 2.24) is 14.9 Å². The maximum Gasteiger partial charge on any atom is 0.372 e. The number of nitro groups is 1. The highest BCUT2D eigenvalue weighted by atomic mass is 16.6. The molecule has 8 heteroatoms. The number of hydrogen-bond donors (Lipinski definition) is 1. The second-order valence-corrected chi connectivity index (χ2v) is 5.16. The van der Waals surface area contributed by atoms with Gasteiger partial charge >= 0.3 is 5.69 Å². The van der Waals surface area contributed by atoms with Gasteiger partial charge in [-0.2, -0.15) is 4.98 Å². The summed E-state index contributed by atoms with van der Waals surface area (Å²) in [5.41, 5.74) is -0.208. The molecule has 0 saturated heterocycles. The molecule has 0 fully saturated rings. The first-order valence-electron chi connectivity index (χ1n) is 6.94. The third kappa shape index (κ3) is 4.82. The van der Waals surface area contributed by atoms with Crippen LogP contribution in [0.15, 0.2) is 0 Å². The quantitative estimate of drug-likeness (QED) is 0.578. The van der Waals surface area contributed by atoms with Gasteiger partial charge in [0.2, 0.25) is 5.82 Å². The second kappa shape index (κ2) is 7.72. The molecule has 1 aromatic heterocycles. The van der Waals surface area contributed by atoms with E-state index in [9.17, 15) is 10.1 Å². The standard InChI is InChI=1S/C13H23N5O3/c1-6-21-13-10(18(19)20)12(14-7-8-17(4)5)15-11(16-13)9(2)3/h9H,6-8H2,1-5H3,(H,14,15,16). The van der Waals surface area contributed by atoms with E-state index in [1.807, 2.05) is 32.8 Å². The van der Waals surface area contributed by atoms with E-state index in [1.54, 1.807) is 6.92 Å². The Balaban J connectivity index is 3.18. The van der Waals surface area contributed by atoms with Gasteiger partial charge in [0.25, 0.3) is 5.88 Å². The Labute approximate surface area is 124 Å². The van der Waals surface area contributed by atoms with Crippen molar-refractivity contribution in [2.24, 2.45) is 0 Å². The van der Waals surface area contributed by atoms with Gasteiger partial charge in [0, 0.05) is 19.0 Å². The largest absolute Gasteiger partial charge is 0.473 e. The van der Waals surface area contributed by atoms with Gasteiger partial charge in [-0.3, -0.25) is 10.1 Å². The van der Waals surface area contributed by atoms with Gasteiger partial charge in [0.15, 0.2) is 0 Å². The van der Waals surface area contributed by atoms with E-state index in [-0.39, 0.29) is 23.3 Å². The highest BCUT2D eigenvalue weighted by Gasteiger charge is 2.26. The highest BCUT2D eigenvalue weighted by Crippen LogP contribution is 2.33. The first-order valence-corrected chi connectivity index (χ1v) is 6.94. The molecule has 1 N–H and O–H groups in total. The molecule has 0 aromatic carbocycles. The first-order chi connectivity index (χ1) is 9.86. The molecule has 0 amide bonds. The van der Waals surface area contributed by atoms with Gasteiger partial charge in [0.05, 0.1) is 11.5 Å². The minimum absolute atomic E-state index is 0.0218. The number of aromatic nitrogens is 2. The Morgan fingerprint density at radius 1 is 1.38 bits per heavy atom. The van der Waals surface area contributed by atoms with Crippen molar-refractivity contribution in [3.8, 4) is 5.88 Å². The fraction of sp³-hybridized carbons (Fsp3) is 0.692. The lowest BCUT2D eigenvalue weighted by Gasteiger charge is -2.14. The van der Waals surface area contributed by atoms with Crippen LogP contribution in [-0.4, -0.2) is 53.6 Å². The van der Waals surface area contributed by atoms with Crippen molar-refractivity contribution in [1.29, 1.82) is 0 Å². The summed E-state index contributed by atoms with van der Waals surface area (Å²) in [6.07, 6.45) is 0. The van der Waals surface area contributed by atoms with E-state index in [1.165, 1.54) is 0 Å². The fourth-order valence-electron chi connectivity index (χ4n) is 1.63. The van der Waals surface area contributed by atoms with Gasteiger partial charge in [-0.25, -0.2) is 4.98 Å². The number of nitrogens with one attached hydrogen (secondary N) is 1. The van der Waals surface area contributed by atoms with Crippen molar-refractivity contribution in [3.05, 3.63) is 15.9 Å². The molecule has 1 aromatic rings. The Bertz CT molecular complexity index is 491. The van der Waals surface area contributed by atoms with Crippen molar-refractivity contribution >= 4 is 11.5 Å². The molecule has 0 saturated carbocycles. The van der Waals surface area contributed by atoms with E-state index in [2.05, 4.69) is 15.3 Å². The zero-order chi connectivity index (χ0) is 16.0. The van der Waals surface area contributed by atoms with Crippen LogP contribution in [0.4, 0.5) is 11.5 Å². The van der Waals surface area contributed by atoms with Crippen LogP contribution in [0.3, 0.4) is 0 Å². The summed E-state index contributed by atoms with van der Waals surface area (Å²) in [6, 6.07) is 0. The van der Waals surface area contributed by atoms with Crippen molar-refractivity contribution in [3.63, 3.8) is 0 Å². The summed E-state index contributed by atoms with van der Waals surface area (Å²) in [4.78, 5) is 21.2. The monoisotopic (exact) mass is 297 g/mol. The maximum absolute atomic E-state index is 11.3. The molecule has 118 valence electrons. The zero-order valence-corrected chi connectivity index (χ0v) is 13.2. The van der Waals surface area contributed by atoms with Crippen LogP contribution in [0.25, 0.3) is 0 Å². The second-order valence-electron chi connectivity index (χ2n) is 5.16. The number of ether oxygens (including phenoxy) is 1. The molecule has 0 aliphatic carbocycles. The molecule has 0 atom stereocenters. The number of nitrogens with zero attached hydrogens (tertiary/aromatic N) is 4. The molecule has 0 aliphatic rings. The SMILES string of the molecule is CCOc1nc(C(C)C)nc(NCCN(C)C)c1[N+](=O)[O-]. The molecular formula is C13H23N5O3. The molecule has 0 aliphatic heterocycles. The van der Waals surface area contributed by atoms with Crippen LogP contribution in [0.1, 0.15) is 32.5 Å². The maximum atomic E-state index is 11.3. The number of hydrogen-bond acceptors (Lipinski definition) is 7. The van der Waals surface area contributed by atoms with Crippen molar-refractivity contribution in [2.75, 3.05) is 39.1 Å². The van der Waals surface area contributed by atoms with Crippen LogP contribution >= 0.6 is 0 Å². The molecule has 8 nitrogen and oxygen atoms in total.